The average molecular weight is 403 g/mol. The summed E-state index contributed by atoms with van der Waals surface area (Å²) < 4.78 is 17.3. The Labute approximate surface area is 171 Å². The number of nitrogens with one attached hydrogen (secondary N) is 1. The molecule has 6 heteroatoms. The van der Waals surface area contributed by atoms with E-state index in [1.54, 1.807) is 13.2 Å². The number of fused-ring (bicyclic) bond motifs is 1. The second kappa shape index (κ2) is 8.93. The van der Waals surface area contributed by atoms with Crippen LogP contribution in [0.5, 0.6) is 17.2 Å². The molecule has 2 aromatic carbocycles. The Morgan fingerprint density at radius 1 is 1.11 bits per heavy atom. The quantitative estimate of drug-likeness (QED) is 0.791. The van der Waals surface area contributed by atoms with Crippen molar-refractivity contribution in [2.24, 2.45) is 5.92 Å². The fraction of sp³-hybridized carbons (Fsp3) is 0.455. The molecule has 2 aliphatic rings. The minimum Gasteiger partial charge on any atom is -0.495 e. The van der Waals surface area contributed by atoms with Gasteiger partial charge in [0.25, 0.3) is 0 Å². The second-order valence-electron chi connectivity index (χ2n) is 7.40. The highest BCUT2D eigenvalue weighted by Crippen LogP contribution is 2.34. The van der Waals surface area contributed by atoms with Crippen LogP contribution in [0.3, 0.4) is 0 Å². The van der Waals surface area contributed by atoms with Gasteiger partial charge in [0.1, 0.15) is 18.5 Å². The topological polar surface area (TPSA) is 43.0 Å². The van der Waals surface area contributed by atoms with Crippen molar-refractivity contribution in [2.75, 3.05) is 44.8 Å². The number of hydrogen-bond donors (Lipinski definition) is 1. The van der Waals surface area contributed by atoms with E-state index in [2.05, 4.69) is 22.3 Å². The zero-order valence-electron chi connectivity index (χ0n) is 16.2. The van der Waals surface area contributed by atoms with Crippen LogP contribution in [0.15, 0.2) is 42.5 Å². The number of piperidine rings is 1. The fourth-order valence-electron chi connectivity index (χ4n) is 3.91. The van der Waals surface area contributed by atoms with Crippen LogP contribution in [-0.2, 0) is 0 Å². The highest BCUT2D eigenvalue weighted by atomic mass is 35.5. The molecule has 2 aliphatic heterocycles. The summed E-state index contributed by atoms with van der Waals surface area (Å²) in [6.45, 7) is 4.46. The van der Waals surface area contributed by atoms with Crippen LogP contribution >= 0.6 is 11.6 Å². The Kier molecular flexibility index (Phi) is 6.13. The van der Waals surface area contributed by atoms with Crippen molar-refractivity contribution < 1.29 is 14.2 Å². The molecule has 0 spiro atoms. The smallest absolute Gasteiger partial charge is 0.162 e. The number of methoxy groups -OCH3 is 1. The number of ether oxygens (including phenoxy) is 3. The Bertz CT molecular complexity index is 793. The molecule has 1 N–H and O–H groups in total. The molecule has 1 saturated heterocycles. The van der Waals surface area contributed by atoms with Gasteiger partial charge in [-0.3, -0.25) is 0 Å². The minimum absolute atomic E-state index is 0.0299. The molecule has 0 amide bonds. The van der Waals surface area contributed by atoms with Crippen molar-refractivity contribution >= 4 is 17.3 Å². The monoisotopic (exact) mass is 402 g/mol. The van der Waals surface area contributed by atoms with Crippen molar-refractivity contribution in [1.82, 2.24) is 5.32 Å². The van der Waals surface area contributed by atoms with Crippen molar-refractivity contribution in [3.63, 3.8) is 0 Å². The molecule has 150 valence electrons. The van der Waals surface area contributed by atoms with Crippen LogP contribution < -0.4 is 24.4 Å². The van der Waals surface area contributed by atoms with E-state index in [1.807, 2.05) is 24.3 Å². The number of halogens is 1. The van der Waals surface area contributed by atoms with Gasteiger partial charge in [0.15, 0.2) is 11.5 Å². The van der Waals surface area contributed by atoms with Gasteiger partial charge < -0.3 is 24.4 Å². The van der Waals surface area contributed by atoms with E-state index in [-0.39, 0.29) is 6.10 Å². The first-order chi connectivity index (χ1) is 13.7. The summed E-state index contributed by atoms with van der Waals surface area (Å²) in [5.41, 5.74) is 1.20. The van der Waals surface area contributed by atoms with Crippen LogP contribution in [0.25, 0.3) is 0 Å². The third-order valence-corrected chi connectivity index (χ3v) is 5.70. The third-order valence-electron chi connectivity index (χ3n) is 5.47. The first kappa shape index (κ1) is 19.2. The van der Waals surface area contributed by atoms with E-state index < -0.39 is 0 Å². The molecule has 0 radical (unpaired) electrons. The van der Waals surface area contributed by atoms with E-state index >= 15 is 0 Å². The van der Waals surface area contributed by atoms with Gasteiger partial charge in [-0.25, -0.2) is 0 Å². The van der Waals surface area contributed by atoms with Crippen molar-refractivity contribution in [2.45, 2.75) is 18.9 Å². The van der Waals surface area contributed by atoms with Crippen LogP contribution in [0.2, 0.25) is 5.02 Å². The number of nitrogens with zero attached hydrogens (tertiary/aromatic N) is 1. The summed E-state index contributed by atoms with van der Waals surface area (Å²) in [6, 6.07) is 13.8. The molecule has 1 atom stereocenters. The minimum atomic E-state index is 0.0299. The molecule has 1 unspecified atom stereocenters. The maximum Gasteiger partial charge on any atom is 0.162 e. The molecule has 0 aliphatic carbocycles. The van der Waals surface area contributed by atoms with Crippen molar-refractivity contribution in [3.8, 4) is 17.2 Å². The summed E-state index contributed by atoms with van der Waals surface area (Å²) >= 11 is 5.99. The molecule has 0 saturated carbocycles. The number of anilines is 1. The van der Waals surface area contributed by atoms with Gasteiger partial charge >= 0.3 is 0 Å². The number of hydrogen-bond acceptors (Lipinski definition) is 5. The molecule has 0 bridgehead atoms. The largest absolute Gasteiger partial charge is 0.495 e. The summed E-state index contributed by atoms with van der Waals surface area (Å²) in [6.07, 6.45) is 2.38. The standard InChI is InChI=1S/C22H27ClN2O3/c1-26-20-5-3-2-4-19(20)25-10-8-16(9-11-25)13-24-14-18-15-27-22-12-17(23)6-7-21(22)28-18/h2-7,12,16,18,24H,8-11,13-15H2,1H3. The third kappa shape index (κ3) is 4.47. The number of rotatable bonds is 6. The van der Waals surface area contributed by atoms with Crippen LogP contribution in [0.4, 0.5) is 5.69 Å². The fourth-order valence-corrected chi connectivity index (χ4v) is 4.07. The lowest BCUT2D eigenvalue weighted by atomic mass is 9.96. The van der Waals surface area contributed by atoms with Gasteiger partial charge in [0.05, 0.1) is 12.8 Å². The van der Waals surface area contributed by atoms with E-state index in [1.165, 1.54) is 18.5 Å². The van der Waals surface area contributed by atoms with Crippen LogP contribution in [0, 0.1) is 5.92 Å². The Morgan fingerprint density at radius 3 is 2.75 bits per heavy atom. The predicted octanol–water partition coefficient (Wildman–Crippen LogP) is 3.99. The molecule has 2 aromatic rings. The van der Waals surface area contributed by atoms with Crippen molar-refractivity contribution in [3.05, 3.63) is 47.5 Å². The summed E-state index contributed by atoms with van der Waals surface area (Å²) in [7, 11) is 1.74. The van der Waals surface area contributed by atoms with Crippen molar-refractivity contribution in [1.29, 1.82) is 0 Å². The first-order valence-corrected chi connectivity index (χ1v) is 10.3. The van der Waals surface area contributed by atoms with Gasteiger partial charge in [-0.05, 0) is 49.6 Å². The van der Waals surface area contributed by atoms with E-state index in [4.69, 9.17) is 25.8 Å². The van der Waals surface area contributed by atoms with E-state index in [9.17, 15) is 0 Å². The summed E-state index contributed by atoms with van der Waals surface area (Å²) in [5.74, 6) is 3.14. The lowest BCUT2D eigenvalue weighted by Crippen LogP contribution is -2.42. The zero-order chi connectivity index (χ0) is 19.3. The van der Waals surface area contributed by atoms with Crippen LogP contribution in [0.1, 0.15) is 12.8 Å². The van der Waals surface area contributed by atoms with E-state index in [0.717, 1.165) is 43.4 Å². The van der Waals surface area contributed by atoms with Crippen LogP contribution in [-0.4, -0.2) is 46.0 Å². The first-order valence-electron chi connectivity index (χ1n) is 9.90. The van der Waals surface area contributed by atoms with Gasteiger partial charge in [0.2, 0.25) is 0 Å². The number of benzene rings is 2. The Morgan fingerprint density at radius 2 is 1.93 bits per heavy atom. The molecule has 5 nitrogen and oxygen atoms in total. The predicted molar refractivity (Wildman–Crippen MR) is 112 cm³/mol. The number of para-hydroxylation sites is 2. The molecule has 4 rings (SSSR count). The molecule has 2 heterocycles. The molecule has 1 fully saturated rings. The maximum absolute atomic E-state index is 6.01. The summed E-state index contributed by atoms with van der Waals surface area (Å²) in [5, 5.41) is 4.24. The van der Waals surface area contributed by atoms with Gasteiger partial charge in [-0.1, -0.05) is 23.7 Å². The van der Waals surface area contributed by atoms with Gasteiger partial charge in [-0.2, -0.15) is 0 Å². The highest BCUT2D eigenvalue weighted by Gasteiger charge is 2.23. The molecular formula is C22H27ClN2O3. The Hall–Kier alpha value is -2.11. The highest BCUT2D eigenvalue weighted by molar-refractivity contribution is 6.30. The average Bonchev–Trinajstić information content (AvgIpc) is 2.74. The lowest BCUT2D eigenvalue weighted by Gasteiger charge is -2.34. The van der Waals surface area contributed by atoms with Gasteiger partial charge in [0, 0.05) is 30.7 Å². The normalized spacial score (nSPS) is 19.5. The molecular weight excluding hydrogens is 376 g/mol. The van der Waals surface area contributed by atoms with E-state index in [0.29, 0.717) is 17.5 Å². The Balaban J connectivity index is 1.20. The summed E-state index contributed by atoms with van der Waals surface area (Å²) in [4.78, 5) is 2.43. The maximum atomic E-state index is 6.01. The SMILES string of the molecule is COc1ccccc1N1CCC(CNCC2COc3cc(Cl)ccc3O2)CC1. The lowest BCUT2D eigenvalue weighted by molar-refractivity contribution is 0.0894. The van der Waals surface area contributed by atoms with Gasteiger partial charge in [-0.15, -0.1) is 0 Å². The zero-order valence-corrected chi connectivity index (χ0v) is 17.0. The molecule has 0 aromatic heterocycles. The molecule has 28 heavy (non-hydrogen) atoms. The second-order valence-corrected chi connectivity index (χ2v) is 7.84.